The van der Waals surface area contributed by atoms with Crippen molar-refractivity contribution in [1.82, 2.24) is 14.5 Å². The van der Waals surface area contributed by atoms with Crippen molar-refractivity contribution in [1.29, 1.82) is 0 Å². The number of nitrogens with one attached hydrogen (secondary N) is 1. The highest BCUT2D eigenvalue weighted by molar-refractivity contribution is 7.93. The maximum absolute atomic E-state index is 13.1. The summed E-state index contributed by atoms with van der Waals surface area (Å²) < 4.78 is 56.9. The third kappa shape index (κ3) is 6.02. The molecule has 0 spiro atoms. The van der Waals surface area contributed by atoms with Crippen LogP contribution in [0.1, 0.15) is 37.8 Å². The fourth-order valence-corrected chi connectivity index (χ4v) is 5.35. The quantitative estimate of drug-likeness (QED) is 0.649. The molecule has 172 valence electrons. The van der Waals surface area contributed by atoms with Crippen LogP contribution in [-0.2, 0) is 21.2 Å². The summed E-state index contributed by atoms with van der Waals surface area (Å²) in [6.07, 6.45) is 3.23. The van der Waals surface area contributed by atoms with E-state index < -0.39 is 16.6 Å². The molecule has 0 radical (unpaired) electrons. The molecule has 0 saturated carbocycles. The van der Waals surface area contributed by atoms with Gasteiger partial charge in [-0.2, -0.15) is 13.1 Å². The number of hydrogen-bond acceptors (Lipinski definition) is 5. The third-order valence-electron chi connectivity index (χ3n) is 5.69. The number of carbonyl (C=O) groups excluding carboxylic acids is 1. The van der Waals surface area contributed by atoms with Crippen molar-refractivity contribution in [2.75, 3.05) is 32.7 Å². The van der Waals surface area contributed by atoms with Crippen LogP contribution in [0.2, 0.25) is 0 Å². The molecule has 3 rings (SSSR count). The van der Waals surface area contributed by atoms with Crippen LogP contribution in [0.15, 0.2) is 23.1 Å². The molecule has 10 heteroatoms. The average molecular weight is 458 g/mol. The van der Waals surface area contributed by atoms with E-state index in [0.29, 0.717) is 49.5 Å². The number of nitrogens with zero attached hydrogens (tertiary/aromatic N) is 2. The number of alkyl halides is 2. The summed E-state index contributed by atoms with van der Waals surface area (Å²) in [4.78, 5) is 14.3. The Labute approximate surface area is 182 Å². The molecule has 1 saturated heterocycles. The minimum absolute atomic E-state index is 0.0487. The number of halogens is 2. The Kier molecular flexibility index (Phi) is 7.66. The molecular weight excluding hydrogens is 428 g/mol. The maximum Gasteiger partial charge on any atom is 0.387 e. The summed E-state index contributed by atoms with van der Waals surface area (Å²) in [5.74, 6) is 0.0226. The number of aryl methyl sites for hydroxylation is 1. The van der Waals surface area contributed by atoms with Gasteiger partial charge in [0.15, 0.2) is 0 Å². The number of sulfonamides is 1. The smallest absolute Gasteiger partial charge is 0.387 e. The lowest BCUT2D eigenvalue weighted by molar-refractivity contribution is -0.123. The number of hydrogen-bond donors (Lipinski definition) is 1. The van der Waals surface area contributed by atoms with E-state index in [9.17, 15) is 22.0 Å². The van der Waals surface area contributed by atoms with Crippen molar-refractivity contribution in [2.24, 2.45) is 0 Å². The zero-order valence-electron chi connectivity index (χ0n) is 17.8. The van der Waals surface area contributed by atoms with E-state index in [4.69, 9.17) is 0 Å². The highest BCUT2D eigenvalue weighted by Gasteiger charge is 2.32. The van der Waals surface area contributed by atoms with Crippen molar-refractivity contribution in [3.05, 3.63) is 34.2 Å². The van der Waals surface area contributed by atoms with Crippen LogP contribution in [0.5, 0.6) is 5.75 Å². The fourth-order valence-electron chi connectivity index (χ4n) is 3.74. The number of ether oxygens (including phenoxy) is 1. The molecule has 1 aromatic carbocycles. The fraction of sp³-hybridized carbons (Fsp3) is 0.571. The lowest BCUT2D eigenvalue weighted by atomic mass is 9.97. The first-order valence-corrected chi connectivity index (χ1v) is 11.9. The third-order valence-corrected chi connectivity index (χ3v) is 7.72. The summed E-state index contributed by atoms with van der Waals surface area (Å²) in [6.45, 7) is 2.95. The molecule has 31 heavy (non-hydrogen) atoms. The van der Waals surface area contributed by atoms with Gasteiger partial charge in [-0.05, 0) is 55.5 Å². The van der Waals surface area contributed by atoms with E-state index in [2.05, 4.69) is 10.1 Å². The Bertz CT molecular complexity index is 929. The molecule has 1 fully saturated rings. The second-order valence-electron chi connectivity index (χ2n) is 7.91. The van der Waals surface area contributed by atoms with Gasteiger partial charge in [-0.25, -0.2) is 8.42 Å². The standard InChI is InChI=1S/C21H29F2N3O4S/c1-3-15(2)24-20(27)14-25-8-10-26(11-9-25)31(28,29)19-7-5-16-12-18(30-21(22)23)6-4-17(16)13-19/h4,6,12-13,15,21H,3,5,7-11,14H2,1-2H3,(H,24,27). The van der Waals surface area contributed by atoms with Crippen LogP contribution >= 0.6 is 0 Å². The van der Waals surface area contributed by atoms with Gasteiger partial charge in [-0.3, -0.25) is 9.69 Å². The first kappa shape index (κ1) is 23.6. The van der Waals surface area contributed by atoms with Gasteiger partial charge in [0, 0.05) is 32.2 Å². The van der Waals surface area contributed by atoms with E-state index in [0.717, 1.165) is 12.0 Å². The molecule has 0 aromatic heterocycles. The lowest BCUT2D eigenvalue weighted by Crippen LogP contribution is -2.51. The largest absolute Gasteiger partial charge is 0.435 e. The summed E-state index contributed by atoms with van der Waals surface area (Å²) in [5.41, 5.74) is 1.49. The number of carbonyl (C=O) groups is 1. The van der Waals surface area contributed by atoms with Crippen LogP contribution < -0.4 is 10.1 Å². The second kappa shape index (κ2) is 10.1. The highest BCUT2D eigenvalue weighted by Crippen LogP contribution is 2.31. The Balaban J connectivity index is 1.61. The molecule has 1 heterocycles. The normalized spacial score (nSPS) is 18.9. The molecule has 2 aliphatic rings. The Hall–Kier alpha value is -2.04. The first-order chi connectivity index (χ1) is 14.7. The molecule has 1 amide bonds. The predicted molar refractivity (Wildman–Crippen MR) is 114 cm³/mol. The van der Waals surface area contributed by atoms with Gasteiger partial charge in [0.25, 0.3) is 0 Å². The molecule has 1 unspecified atom stereocenters. The van der Waals surface area contributed by atoms with E-state index in [1.165, 1.54) is 16.4 Å². The summed E-state index contributed by atoms with van der Waals surface area (Å²) in [6, 6.07) is 4.67. The number of amides is 1. The molecule has 1 N–H and O–H groups in total. The number of benzene rings is 1. The zero-order valence-corrected chi connectivity index (χ0v) is 18.6. The number of fused-ring (bicyclic) bond motifs is 1. The highest BCUT2D eigenvalue weighted by atomic mass is 32.2. The van der Waals surface area contributed by atoms with Crippen LogP contribution in [0.4, 0.5) is 8.78 Å². The van der Waals surface area contributed by atoms with Gasteiger partial charge in [0.1, 0.15) is 5.75 Å². The predicted octanol–water partition coefficient (Wildman–Crippen LogP) is 2.44. The van der Waals surface area contributed by atoms with Gasteiger partial charge in [0.05, 0.1) is 11.4 Å². The van der Waals surface area contributed by atoms with E-state index in [-0.39, 0.29) is 24.2 Å². The van der Waals surface area contributed by atoms with Gasteiger partial charge >= 0.3 is 6.61 Å². The summed E-state index contributed by atoms with van der Waals surface area (Å²) in [7, 11) is -3.62. The van der Waals surface area contributed by atoms with Crippen LogP contribution in [0.25, 0.3) is 6.08 Å². The summed E-state index contributed by atoms with van der Waals surface area (Å²) >= 11 is 0. The van der Waals surface area contributed by atoms with Gasteiger partial charge in [0.2, 0.25) is 15.9 Å². The van der Waals surface area contributed by atoms with Gasteiger partial charge in [-0.15, -0.1) is 0 Å². The first-order valence-electron chi connectivity index (χ1n) is 10.5. The topological polar surface area (TPSA) is 79.0 Å². The van der Waals surface area contributed by atoms with E-state index in [1.54, 1.807) is 12.1 Å². The monoisotopic (exact) mass is 457 g/mol. The molecular formula is C21H29F2N3O4S. The SMILES string of the molecule is CCC(C)NC(=O)CN1CCN(S(=O)(=O)C2=Cc3ccc(OC(F)F)cc3CC2)CC1. The van der Waals surface area contributed by atoms with Gasteiger partial charge < -0.3 is 10.1 Å². The molecule has 7 nitrogen and oxygen atoms in total. The van der Waals surface area contributed by atoms with Crippen LogP contribution in [-0.4, -0.2) is 68.9 Å². The molecule has 1 aliphatic heterocycles. The molecule has 0 bridgehead atoms. The lowest BCUT2D eigenvalue weighted by Gasteiger charge is -2.34. The van der Waals surface area contributed by atoms with Crippen molar-refractivity contribution in [3.63, 3.8) is 0 Å². The van der Waals surface area contributed by atoms with E-state index in [1.807, 2.05) is 18.7 Å². The Morgan fingerprint density at radius 1 is 1.19 bits per heavy atom. The van der Waals surface area contributed by atoms with Crippen molar-refractivity contribution in [3.8, 4) is 5.75 Å². The number of rotatable bonds is 8. The van der Waals surface area contributed by atoms with E-state index >= 15 is 0 Å². The molecule has 1 aliphatic carbocycles. The number of piperazine rings is 1. The minimum Gasteiger partial charge on any atom is -0.435 e. The van der Waals surface area contributed by atoms with Crippen LogP contribution in [0, 0.1) is 0 Å². The van der Waals surface area contributed by atoms with Crippen molar-refractivity contribution >= 4 is 22.0 Å². The molecule has 1 aromatic rings. The average Bonchev–Trinajstić information content (AvgIpc) is 2.73. The van der Waals surface area contributed by atoms with Crippen LogP contribution in [0.3, 0.4) is 0 Å². The maximum atomic E-state index is 13.1. The van der Waals surface area contributed by atoms with Crippen molar-refractivity contribution < 1.29 is 26.7 Å². The Morgan fingerprint density at radius 2 is 1.90 bits per heavy atom. The van der Waals surface area contributed by atoms with Gasteiger partial charge in [-0.1, -0.05) is 13.0 Å². The second-order valence-corrected chi connectivity index (χ2v) is 9.90. The summed E-state index contributed by atoms with van der Waals surface area (Å²) in [5, 5.41) is 2.92. The number of allylic oxidation sites excluding steroid dienone is 1. The zero-order chi connectivity index (χ0) is 22.6. The Morgan fingerprint density at radius 3 is 2.55 bits per heavy atom. The molecule has 1 atom stereocenters. The minimum atomic E-state index is -3.62. The van der Waals surface area contributed by atoms with Crippen molar-refractivity contribution in [2.45, 2.75) is 45.8 Å².